The van der Waals surface area contributed by atoms with Gasteiger partial charge in [0.25, 0.3) is 5.70 Å². The van der Waals surface area contributed by atoms with Gasteiger partial charge in [-0.15, -0.1) is 0 Å². The van der Waals surface area contributed by atoms with E-state index in [0.29, 0.717) is 12.2 Å². The summed E-state index contributed by atoms with van der Waals surface area (Å²) in [6, 6.07) is 33.1. The van der Waals surface area contributed by atoms with E-state index in [1.54, 1.807) is 6.08 Å². The number of esters is 1. The number of carbonyl (C=O) groups excluding carboxylic acids is 1. The molecule has 49 heavy (non-hydrogen) atoms. The van der Waals surface area contributed by atoms with E-state index >= 15 is 0 Å². The van der Waals surface area contributed by atoms with Crippen LogP contribution in [0.15, 0.2) is 103 Å². The first kappa shape index (κ1) is 34.5. The number of hydrogen-bond acceptors (Lipinski definition) is 6. The molecule has 1 saturated heterocycles. The molecule has 1 aliphatic heterocycles. The molecule has 0 amide bonds. The summed E-state index contributed by atoms with van der Waals surface area (Å²) in [7, 11) is 0. The van der Waals surface area contributed by atoms with E-state index in [4.69, 9.17) is 21.3 Å². The first-order valence-electron chi connectivity index (χ1n) is 16.7. The number of ether oxygens (including phenoxy) is 2. The van der Waals surface area contributed by atoms with Gasteiger partial charge in [0.05, 0.1) is 37.5 Å². The summed E-state index contributed by atoms with van der Waals surface area (Å²) in [5, 5.41) is 18.7. The van der Waals surface area contributed by atoms with Gasteiger partial charge >= 0.3 is 5.97 Å². The maximum Gasteiger partial charge on any atom is 0.336 e. The Morgan fingerprint density at radius 3 is 1.94 bits per heavy atom. The van der Waals surface area contributed by atoms with Crippen molar-refractivity contribution in [3.8, 4) is 34.8 Å². The molecule has 0 atom stereocenters. The van der Waals surface area contributed by atoms with Crippen LogP contribution in [0.2, 0.25) is 0 Å². The third-order valence-electron chi connectivity index (χ3n) is 8.33. The topological polar surface area (TPSA) is 87.2 Å². The number of unbranched alkanes of at least 4 members (excludes halogenated alkanes) is 3. The molecule has 0 saturated carbocycles. The van der Waals surface area contributed by atoms with Crippen LogP contribution in [-0.2, 0) is 9.53 Å². The number of piperidine rings is 1. The van der Waals surface area contributed by atoms with Crippen LogP contribution in [0, 0.1) is 29.7 Å². The van der Waals surface area contributed by atoms with Crippen LogP contribution in [0.5, 0.6) is 5.75 Å². The van der Waals surface area contributed by atoms with E-state index in [0.717, 1.165) is 90.9 Å². The second kappa shape index (κ2) is 17.9. The largest absolute Gasteiger partial charge is 0.494 e. The Morgan fingerprint density at radius 1 is 0.796 bits per heavy atom. The Hall–Kier alpha value is -5.81. The standard InChI is InChI=1S/C42H39N3O4/c1-44-41(30-34-10-8-32(9-11-34)6-7-33-14-20-38(21-15-33)45-26-24-39(46)25-27-45)42(47)49-29-5-3-2-4-28-48-40-22-18-37(19-23-40)36-16-12-35(31-43)13-17-36/h8-23,30,39,46H,2-5,24-29H2/b41-30-. The molecule has 1 heterocycles. The Morgan fingerprint density at radius 2 is 1.35 bits per heavy atom. The molecule has 0 spiro atoms. The zero-order valence-electron chi connectivity index (χ0n) is 27.5. The van der Waals surface area contributed by atoms with Gasteiger partial charge in [-0.05, 0) is 122 Å². The molecule has 0 aliphatic carbocycles. The molecule has 0 bridgehead atoms. The van der Waals surface area contributed by atoms with Gasteiger partial charge in [-0.1, -0.05) is 48.2 Å². The molecule has 7 nitrogen and oxygen atoms in total. The van der Waals surface area contributed by atoms with Crippen LogP contribution in [0.4, 0.5) is 5.69 Å². The smallest absolute Gasteiger partial charge is 0.336 e. The van der Waals surface area contributed by atoms with Gasteiger partial charge in [-0.3, -0.25) is 4.79 Å². The number of aliphatic hydroxyl groups excluding tert-OH is 1. The molecule has 0 radical (unpaired) electrons. The SMILES string of the molecule is [C-]#[N+]/C(=C\c1ccc(C#Cc2ccc(N3CCC(O)CC3)cc2)cc1)C(=O)OCCCCCCOc1ccc(-c2ccc(C#N)cc2)cc1. The summed E-state index contributed by atoms with van der Waals surface area (Å²) in [5.41, 5.74) is 6.33. The second-order valence-corrected chi connectivity index (χ2v) is 11.9. The van der Waals surface area contributed by atoms with Crippen molar-refractivity contribution in [2.75, 3.05) is 31.2 Å². The van der Waals surface area contributed by atoms with Crippen LogP contribution in [0.1, 0.15) is 60.8 Å². The highest BCUT2D eigenvalue weighted by Crippen LogP contribution is 2.23. The van der Waals surface area contributed by atoms with E-state index < -0.39 is 5.97 Å². The number of anilines is 1. The molecule has 5 rings (SSSR count). The van der Waals surface area contributed by atoms with Gasteiger partial charge < -0.3 is 19.5 Å². The molecule has 1 aliphatic rings. The highest BCUT2D eigenvalue weighted by molar-refractivity contribution is 5.95. The zero-order chi connectivity index (χ0) is 34.3. The lowest BCUT2D eigenvalue weighted by Crippen LogP contribution is -2.35. The van der Waals surface area contributed by atoms with Gasteiger partial charge in [0.15, 0.2) is 0 Å². The van der Waals surface area contributed by atoms with Crippen LogP contribution in [0.25, 0.3) is 22.0 Å². The summed E-state index contributed by atoms with van der Waals surface area (Å²) in [4.78, 5) is 18.2. The van der Waals surface area contributed by atoms with Crippen LogP contribution < -0.4 is 9.64 Å². The van der Waals surface area contributed by atoms with Gasteiger partial charge in [0.2, 0.25) is 0 Å². The van der Waals surface area contributed by atoms with Crippen molar-refractivity contribution in [1.29, 1.82) is 5.26 Å². The minimum atomic E-state index is -0.615. The maximum absolute atomic E-state index is 12.5. The minimum Gasteiger partial charge on any atom is -0.494 e. The lowest BCUT2D eigenvalue weighted by atomic mass is 10.0. The van der Waals surface area contributed by atoms with Gasteiger partial charge in [-0.25, -0.2) is 4.85 Å². The minimum absolute atomic E-state index is 0.0549. The number of benzene rings is 4. The molecule has 4 aromatic carbocycles. The van der Waals surface area contributed by atoms with Gasteiger partial charge in [0, 0.05) is 29.9 Å². The summed E-state index contributed by atoms with van der Waals surface area (Å²) < 4.78 is 11.2. The normalized spacial score (nSPS) is 13.0. The molecule has 7 heteroatoms. The van der Waals surface area contributed by atoms with Crippen molar-refractivity contribution in [3.63, 3.8) is 0 Å². The van der Waals surface area contributed by atoms with Crippen molar-refractivity contribution in [3.05, 3.63) is 136 Å². The van der Waals surface area contributed by atoms with E-state index in [-0.39, 0.29) is 18.4 Å². The third-order valence-corrected chi connectivity index (χ3v) is 8.33. The van der Waals surface area contributed by atoms with E-state index in [1.165, 1.54) is 0 Å². The summed E-state index contributed by atoms with van der Waals surface area (Å²) in [6.45, 7) is 10.0. The number of aliphatic hydroxyl groups is 1. The Bertz CT molecular complexity index is 1850. The first-order valence-corrected chi connectivity index (χ1v) is 16.7. The van der Waals surface area contributed by atoms with Crippen LogP contribution in [0.3, 0.4) is 0 Å². The monoisotopic (exact) mass is 649 g/mol. The molecule has 1 fully saturated rings. The van der Waals surface area contributed by atoms with Crippen molar-refractivity contribution < 1.29 is 19.4 Å². The number of carbonyl (C=O) groups is 1. The number of hydrogen-bond donors (Lipinski definition) is 1. The molecule has 246 valence electrons. The molecule has 0 unspecified atom stereocenters. The van der Waals surface area contributed by atoms with Crippen molar-refractivity contribution in [2.24, 2.45) is 0 Å². The Labute approximate surface area is 288 Å². The molecular formula is C42H39N3O4. The number of nitriles is 1. The molecule has 0 aromatic heterocycles. The first-order chi connectivity index (χ1) is 24.0. The predicted octanol–water partition coefficient (Wildman–Crippen LogP) is 8.03. The predicted molar refractivity (Wildman–Crippen MR) is 192 cm³/mol. The lowest BCUT2D eigenvalue weighted by Gasteiger charge is -2.31. The summed E-state index contributed by atoms with van der Waals surface area (Å²) in [6.07, 6.45) is 6.38. The van der Waals surface area contributed by atoms with E-state index in [9.17, 15) is 9.90 Å². The average molecular weight is 650 g/mol. The van der Waals surface area contributed by atoms with E-state index in [2.05, 4.69) is 39.8 Å². The van der Waals surface area contributed by atoms with Crippen molar-refractivity contribution >= 4 is 17.7 Å². The quantitative estimate of drug-likeness (QED) is 0.0550. The Balaban J connectivity index is 0.980. The van der Waals surface area contributed by atoms with Gasteiger partial charge in [-0.2, -0.15) is 5.26 Å². The zero-order valence-corrected chi connectivity index (χ0v) is 27.5. The lowest BCUT2D eigenvalue weighted by molar-refractivity contribution is -0.138. The fourth-order valence-corrected chi connectivity index (χ4v) is 5.45. The van der Waals surface area contributed by atoms with Crippen molar-refractivity contribution in [1.82, 2.24) is 0 Å². The third kappa shape index (κ3) is 10.6. The fraction of sp³-hybridized carbons (Fsp3) is 0.262. The summed E-state index contributed by atoms with van der Waals surface area (Å²) in [5.74, 6) is 6.55. The second-order valence-electron chi connectivity index (χ2n) is 11.9. The molecule has 4 aromatic rings. The van der Waals surface area contributed by atoms with Crippen molar-refractivity contribution in [2.45, 2.75) is 44.6 Å². The average Bonchev–Trinajstić information content (AvgIpc) is 3.15. The molecular weight excluding hydrogens is 610 g/mol. The van der Waals surface area contributed by atoms with Crippen LogP contribution in [-0.4, -0.2) is 43.5 Å². The van der Waals surface area contributed by atoms with Gasteiger partial charge in [0.1, 0.15) is 5.75 Å². The highest BCUT2D eigenvalue weighted by Gasteiger charge is 2.17. The number of rotatable bonds is 12. The molecule has 1 N–H and O–H groups in total. The van der Waals surface area contributed by atoms with E-state index in [1.807, 2.05) is 84.9 Å². The highest BCUT2D eigenvalue weighted by atomic mass is 16.5. The Kier molecular flexibility index (Phi) is 12.6. The van der Waals surface area contributed by atoms with Crippen LogP contribution >= 0.6 is 0 Å². The number of nitrogens with zero attached hydrogens (tertiary/aromatic N) is 3. The summed E-state index contributed by atoms with van der Waals surface area (Å²) >= 11 is 0. The maximum atomic E-state index is 12.5. The fourth-order valence-electron chi connectivity index (χ4n) is 5.45.